The molecule has 0 aromatic heterocycles. The van der Waals surface area contributed by atoms with Crippen LogP contribution in [0.3, 0.4) is 0 Å². The van der Waals surface area contributed by atoms with Gasteiger partial charge in [-0.2, -0.15) is 0 Å². The second-order valence-electron chi connectivity index (χ2n) is 1.79. The summed E-state index contributed by atoms with van der Waals surface area (Å²) >= 11 is 1.84. The van der Waals surface area contributed by atoms with E-state index in [0.717, 1.165) is 12.2 Å². The molecule has 0 saturated carbocycles. The Hall–Kier alpha value is -0.430. The zero-order valence-electron chi connectivity index (χ0n) is 6.42. The van der Waals surface area contributed by atoms with Gasteiger partial charge in [0.1, 0.15) is 0 Å². The standard InChI is InChI=1S/C9H14S/c1-3-5-6-7-9-10-8-4-2/h3-6,8H,1,7,9H2,2H3/b6-5+,8-4+. The summed E-state index contributed by atoms with van der Waals surface area (Å²) in [4.78, 5) is 0. The summed E-state index contributed by atoms with van der Waals surface area (Å²) in [5.74, 6) is 1.16. The minimum absolute atomic E-state index is 1.13. The van der Waals surface area contributed by atoms with E-state index in [0.29, 0.717) is 0 Å². The van der Waals surface area contributed by atoms with Crippen LogP contribution >= 0.6 is 11.8 Å². The molecule has 0 spiro atoms. The van der Waals surface area contributed by atoms with Crippen molar-refractivity contribution in [2.45, 2.75) is 13.3 Å². The maximum Gasteiger partial charge on any atom is 0.000865 e. The molecule has 0 aromatic rings. The highest BCUT2D eigenvalue weighted by Gasteiger charge is 1.77. The van der Waals surface area contributed by atoms with Gasteiger partial charge in [0.05, 0.1) is 0 Å². The first-order valence-electron chi connectivity index (χ1n) is 3.42. The largest absolute Gasteiger partial charge is 0.134 e. The third-order valence-corrected chi connectivity index (χ3v) is 1.84. The minimum atomic E-state index is 1.13. The maximum absolute atomic E-state index is 3.59. The van der Waals surface area contributed by atoms with Crippen LogP contribution in [0.5, 0.6) is 0 Å². The predicted octanol–water partition coefficient (Wildman–Crippen LogP) is 3.39. The molecule has 0 atom stereocenters. The molecule has 0 saturated heterocycles. The summed E-state index contributed by atoms with van der Waals surface area (Å²) < 4.78 is 0. The lowest BCUT2D eigenvalue weighted by molar-refractivity contribution is 1.25. The average Bonchev–Trinajstić information content (AvgIpc) is 1.97. The fourth-order valence-corrected chi connectivity index (χ4v) is 1.09. The second kappa shape index (κ2) is 8.57. The minimum Gasteiger partial charge on any atom is -0.134 e. The third kappa shape index (κ3) is 7.57. The van der Waals surface area contributed by atoms with E-state index in [1.165, 1.54) is 0 Å². The zero-order valence-corrected chi connectivity index (χ0v) is 7.23. The predicted molar refractivity (Wildman–Crippen MR) is 51.2 cm³/mol. The molecule has 0 radical (unpaired) electrons. The molecule has 10 heavy (non-hydrogen) atoms. The molecule has 0 heterocycles. The first-order chi connectivity index (χ1) is 4.91. The lowest BCUT2D eigenvalue weighted by Crippen LogP contribution is -1.69. The van der Waals surface area contributed by atoms with Gasteiger partial charge in [-0.25, -0.2) is 0 Å². The van der Waals surface area contributed by atoms with Gasteiger partial charge in [0.2, 0.25) is 0 Å². The van der Waals surface area contributed by atoms with Crippen molar-refractivity contribution in [1.82, 2.24) is 0 Å². The van der Waals surface area contributed by atoms with Crippen molar-refractivity contribution in [3.63, 3.8) is 0 Å². The molecule has 0 rings (SSSR count). The van der Waals surface area contributed by atoms with E-state index in [9.17, 15) is 0 Å². The van der Waals surface area contributed by atoms with Crippen molar-refractivity contribution >= 4 is 11.8 Å². The van der Waals surface area contributed by atoms with Gasteiger partial charge in [0.15, 0.2) is 0 Å². The van der Waals surface area contributed by atoms with Crippen molar-refractivity contribution < 1.29 is 0 Å². The Morgan fingerprint density at radius 1 is 1.50 bits per heavy atom. The number of hydrogen-bond donors (Lipinski definition) is 0. The van der Waals surface area contributed by atoms with Crippen molar-refractivity contribution in [1.29, 1.82) is 0 Å². The van der Waals surface area contributed by atoms with Crippen LogP contribution in [0.4, 0.5) is 0 Å². The van der Waals surface area contributed by atoms with Crippen molar-refractivity contribution in [2.24, 2.45) is 0 Å². The summed E-state index contributed by atoms with van der Waals surface area (Å²) in [5, 5.41) is 2.11. The third-order valence-electron chi connectivity index (χ3n) is 0.907. The van der Waals surface area contributed by atoms with Gasteiger partial charge in [-0.3, -0.25) is 0 Å². The highest BCUT2D eigenvalue weighted by atomic mass is 32.2. The van der Waals surface area contributed by atoms with E-state index in [1.54, 1.807) is 6.08 Å². The summed E-state index contributed by atoms with van der Waals surface area (Å²) in [7, 11) is 0. The van der Waals surface area contributed by atoms with Gasteiger partial charge >= 0.3 is 0 Å². The molecule has 0 nitrogen and oxygen atoms in total. The SMILES string of the molecule is C=C/C=C/CCS/C=C/C. The van der Waals surface area contributed by atoms with Gasteiger partial charge in [0.25, 0.3) is 0 Å². The first-order valence-corrected chi connectivity index (χ1v) is 4.47. The molecule has 0 aliphatic heterocycles. The van der Waals surface area contributed by atoms with Crippen LogP contribution in [-0.2, 0) is 0 Å². The Kier molecular flexibility index (Phi) is 8.20. The van der Waals surface area contributed by atoms with Crippen LogP contribution in [0, 0.1) is 0 Å². The molecule has 1 heteroatoms. The number of thioether (sulfide) groups is 1. The van der Waals surface area contributed by atoms with E-state index in [4.69, 9.17) is 0 Å². The smallest absolute Gasteiger partial charge is 0.000865 e. The normalized spacial score (nSPS) is 11.3. The van der Waals surface area contributed by atoms with E-state index in [1.807, 2.05) is 24.8 Å². The molecule has 0 aliphatic carbocycles. The van der Waals surface area contributed by atoms with Crippen LogP contribution in [0.1, 0.15) is 13.3 Å². The zero-order chi connectivity index (χ0) is 7.66. The monoisotopic (exact) mass is 154 g/mol. The molecular weight excluding hydrogens is 140 g/mol. The van der Waals surface area contributed by atoms with Crippen LogP contribution in [0.2, 0.25) is 0 Å². The van der Waals surface area contributed by atoms with E-state index < -0.39 is 0 Å². The van der Waals surface area contributed by atoms with Gasteiger partial charge in [-0.05, 0) is 18.8 Å². The molecular formula is C9H14S. The topological polar surface area (TPSA) is 0 Å². The van der Waals surface area contributed by atoms with Gasteiger partial charge < -0.3 is 0 Å². The summed E-state index contributed by atoms with van der Waals surface area (Å²) in [6, 6.07) is 0. The Morgan fingerprint density at radius 3 is 2.90 bits per heavy atom. The molecule has 56 valence electrons. The van der Waals surface area contributed by atoms with E-state index in [-0.39, 0.29) is 0 Å². The van der Waals surface area contributed by atoms with Crippen molar-refractivity contribution in [3.8, 4) is 0 Å². The molecule has 0 unspecified atom stereocenters. The Morgan fingerprint density at radius 2 is 2.30 bits per heavy atom. The second-order valence-corrected chi connectivity index (χ2v) is 2.81. The molecule has 0 aromatic carbocycles. The van der Waals surface area contributed by atoms with Crippen molar-refractivity contribution in [3.05, 3.63) is 36.3 Å². The maximum atomic E-state index is 3.59. The molecule has 0 aliphatic rings. The van der Waals surface area contributed by atoms with E-state index >= 15 is 0 Å². The molecule has 0 bridgehead atoms. The van der Waals surface area contributed by atoms with Crippen LogP contribution in [0.15, 0.2) is 36.3 Å². The Labute approximate surface area is 67.7 Å². The Balaban J connectivity index is 3.04. The fourth-order valence-electron chi connectivity index (χ4n) is 0.493. The highest BCUT2D eigenvalue weighted by molar-refractivity contribution is 8.02. The summed E-state index contributed by atoms with van der Waals surface area (Å²) in [6.45, 7) is 5.62. The van der Waals surface area contributed by atoms with E-state index in [2.05, 4.69) is 24.1 Å². The molecule has 0 fully saturated rings. The van der Waals surface area contributed by atoms with Crippen LogP contribution < -0.4 is 0 Å². The lowest BCUT2D eigenvalue weighted by atomic mass is 10.4. The number of hydrogen-bond acceptors (Lipinski definition) is 1. The quantitative estimate of drug-likeness (QED) is 0.432. The first kappa shape index (κ1) is 9.57. The summed E-state index contributed by atoms with van der Waals surface area (Å²) in [6.07, 6.45) is 9.10. The van der Waals surface area contributed by atoms with Crippen LogP contribution in [-0.4, -0.2) is 5.75 Å². The highest BCUT2D eigenvalue weighted by Crippen LogP contribution is 2.03. The fraction of sp³-hybridized carbons (Fsp3) is 0.333. The van der Waals surface area contributed by atoms with Gasteiger partial charge in [0, 0.05) is 5.75 Å². The number of allylic oxidation sites excluding steroid dienone is 4. The van der Waals surface area contributed by atoms with Crippen molar-refractivity contribution in [2.75, 3.05) is 5.75 Å². The molecule has 0 amide bonds. The average molecular weight is 154 g/mol. The Bertz CT molecular complexity index is 123. The molecule has 0 N–H and O–H groups in total. The lowest BCUT2D eigenvalue weighted by Gasteiger charge is -1.87. The number of rotatable bonds is 5. The summed E-state index contributed by atoms with van der Waals surface area (Å²) in [5.41, 5.74) is 0. The van der Waals surface area contributed by atoms with Gasteiger partial charge in [-0.15, -0.1) is 11.8 Å². The van der Waals surface area contributed by atoms with Gasteiger partial charge in [-0.1, -0.05) is 30.9 Å². The van der Waals surface area contributed by atoms with Crippen LogP contribution in [0.25, 0.3) is 0 Å².